The Morgan fingerprint density at radius 1 is 1.21 bits per heavy atom. The summed E-state index contributed by atoms with van der Waals surface area (Å²) in [6, 6.07) is 11.9. The van der Waals surface area contributed by atoms with E-state index in [1.807, 2.05) is 0 Å². The Hall–Kier alpha value is -0.860. The van der Waals surface area contributed by atoms with Crippen LogP contribution in [0.4, 0.5) is 0 Å². The fourth-order valence-electron chi connectivity index (χ4n) is 3.81. The van der Waals surface area contributed by atoms with E-state index >= 15 is 0 Å². The van der Waals surface area contributed by atoms with E-state index in [0.717, 1.165) is 70.5 Å². The molecule has 1 aromatic carbocycles. The second-order valence-corrected chi connectivity index (χ2v) is 8.30. The monoisotopic (exact) mass is 514 g/mol. The van der Waals surface area contributed by atoms with Crippen molar-refractivity contribution in [2.45, 2.75) is 64.6 Å². The standard InChI is InChI=1S/C23H38N4O.HI/c1-3-24-23(25-13-7-15-28-18-21-10-11-21)26-22-12-14-27(19(2)16-22)17-20-8-5-4-6-9-20;/h4-6,8-9,19,21-22H,3,7,10-18H2,1-2H3,(H2,24,25,26);1H. The number of likely N-dealkylation sites (tertiary alicyclic amines) is 1. The highest BCUT2D eigenvalue weighted by atomic mass is 127. The predicted octanol–water partition coefficient (Wildman–Crippen LogP) is 4.03. The minimum Gasteiger partial charge on any atom is -0.381 e. The van der Waals surface area contributed by atoms with Crippen molar-refractivity contribution in [2.75, 3.05) is 32.8 Å². The maximum Gasteiger partial charge on any atom is 0.191 e. The van der Waals surface area contributed by atoms with Crippen LogP contribution in [0.15, 0.2) is 35.3 Å². The quantitative estimate of drug-likeness (QED) is 0.214. The third-order valence-corrected chi connectivity index (χ3v) is 5.69. The summed E-state index contributed by atoms with van der Waals surface area (Å²) in [4.78, 5) is 7.34. The van der Waals surface area contributed by atoms with Crippen LogP contribution in [-0.2, 0) is 11.3 Å². The van der Waals surface area contributed by atoms with Gasteiger partial charge in [-0.2, -0.15) is 0 Å². The second-order valence-electron chi connectivity index (χ2n) is 8.30. The van der Waals surface area contributed by atoms with Gasteiger partial charge in [0.15, 0.2) is 5.96 Å². The first kappa shape index (κ1) is 24.4. The Morgan fingerprint density at radius 3 is 2.69 bits per heavy atom. The summed E-state index contributed by atoms with van der Waals surface area (Å²) < 4.78 is 5.71. The third kappa shape index (κ3) is 9.22. The van der Waals surface area contributed by atoms with Crippen LogP contribution in [0, 0.1) is 5.92 Å². The van der Waals surface area contributed by atoms with Gasteiger partial charge in [0.05, 0.1) is 0 Å². The van der Waals surface area contributed by atoms with Gasteiger partial charge >= 0.3 is 0 Å². The van der Waals surface area contributed by atoms with Gasteiger partial charge in [0, 0.05) is 51.5 Å². The largest absolute Gasteiger partial charge is 0.381 e. The lowest BCUT2D eigenvalue weighted by Gasteiger charge is -2.38. The molecule has 2 N–H and O–H groups in total. The van der Waals surface area contributed by atoms with E-state index in [1.54, 1.807) is 0 Å². The second kappa shape index (κ2) is 13.4. The molecule has 0 spiro atoms. The van der Waals surface area contributed by atoms with Gasteiger partial charge in [-0.3, -0.25) is 9.89 Å². The molecule has 1 saturated heterocycles. The van der Waals surface area contributed by atoms with Crippen LogP contribution in [-0.4, -0.2) is 55.8 Å². The molecule has 1 saturated carbocycles. The van der Waals surface area contributed by atoms with Crippen molar-refractivity contribution >= 4 is 29.9 Å². The Morgan fingerprint density at radius 2 is 2.00 bits per heavy atom. The molecule has 1 heterocycles. The van der Waals surface area contributed by atoms with Crippen LogP contribution in [0.2, 0.25) is 0 Å². The van der Waals surface area contributed by atoms with E-state index in [0.29, 0.717) is 12.1 Å². The summed E-state index contributed by atoms with van der Waals surface area (Å²) in [7, 11) is 0. The lowest BCUT2D eigenvalue weighted by atomic mass is 9.97. The molecule has 2 fully saturated rings. The van der Waals surface area contributed by atoms with Gasteiger partial charge in [-0.05, 0) is 57.4 Å². The number of nitrogens with one attached hydrogen (secondary N) is 2. The lowest BCUT2D eigenvalue weighted by molar-refractivity contribution is 0.123. The molecule has 2 atom stereocenters. The van der Waals surface area contributed by atoms with Gasteiger partial charge < -0.3 is 15.4 Å². The molecule has 164 valence electrons. The average Bonchev–Trinajstić information content (AvgIpc) is 3.52. The summed E-state index contributed by atoms with van der Waals surface area (Å²) in [5, 5.41) is 7.06. The molecule has 0 amide bonds. The first-order valence-corrected chi connectivity index (χ1v) is 11.1. The van der Waals surface area contributed by atoms with E-state index in [2.05, 4.69) is 59.7 Å². The highest BCUT2D eigenvalue weighted by Gasteiger charge is 2.26. The van der Waals surface area contributed by atoms with Gasteiger partial charge in [-0.25, -0.2) is 0 Å². The summed E-state index contributed by atoms with van der Waals surface area (Å²) in [5.74, 6) is 1.80. The minimum absolute atomic E-state index is 0. The zero-order chi connectivity index (χ0) is 19.6. The Kier molecular flexibility index (Phi) is 11.3. The first-order valence-electron chi connectivity index (χ1n) is 11.1. The number of piperidine rings is 1. The molecule has 0 radical (unpaired) electrons. The number of ether oxygens (including phenoxy) is 1. The SMILES string of the molecule is CCNC(=NCCCOCC1CC1)NC1CCN(Cc2ccccc2)C(C)C1.I. The van der Waals surface area contributed by atoms with Crippen LogP contribution in [0.1, 0.15) is 51.5 Å². The number of guanidine groups is 1. The Balaban J connectivity index is 0.00000300. The van der Waals surface area contributed by atoms with Crippen molar-refractivity contribution in [3.63, 3.8) is 0 Å². The van der Waals surface area contributed by atoms with Crippen LogP contribution in [0.3, 0.4) is 0 Å². The number of aliphatic imine (C=N–C) groups is 1. The maximum atomic E-state index is 5.71. The average molecular weight is 514 g/mol. The van der Waals surface area contributed by atoms with E-state index < -0.39 is 0 Å². The molecule has 1 aliphatic carbocycles. The van der Waals surface area contributed by atoms with E-state index in [4.69, 9.17) is 9.73 Å². The molecule has 3 rings (SSSR count). The number of halogens is 1. The molecule has 1 aromatic rings. The van der Waals surface area contributed by atoms with Crippen LogP contribution >= 0.6 is 24.0 Å². The van der Waals surface area contributed by atoms with Crippen molar-refractivity contribution in [1.29, 1.82) is 0 Å². The van der Waals surface area contributed by atoms with Crippen molar-refractivity contribution < 1.29 is 4.74 Å². The van der Waals surface area contributed by atoms with Crippen molar-refractivity contribution in [3.8, 4) is 0 Å². The van der Waals surface area contributed by atoms with Gasteiger partial charge in [0.2, 0.25) is 0 Å². The highest BCUT2D eigenvalue weighted by Crippen LogP contribution is 2.28. The van der Waals surface area contributed by atoms with Crippen LogP contribution < -0.4 is 10.6 Å². The molecular weight excluding hydrogens is 475 g/mol. The molecule has 29 heavy (non-hydrogen) atoms. The van der Waals surface area contributed by atoms with Crippen LogP contribution in [0.25, 0.3) is 0 Å². The van der Waals surface area contributed by atoms with Gasteiger partial charge in [0.1, 0.15) is 0 Å². The molecule has 2 aliphatic rings. The number of hydrogen-bond donors (Lipinski definition) is 2. The maximum absolute atomic E-state index is 5.71. The minimum atomic E-state index is 0. The number of benzene rings is 1. The van der Waals surface area contributed by atoms with Gasteiger partial charge in [-0.1, -0.05) is 30.3 Å². The molecule has 0 bridgehead atoms. The number of hydrogen-bond acceptors (Lipinski definition) is 3. The van der Waals surface area contributed by atoms with Gasteiger partial charge in [0.25, 0.3) is 0 Å². The summed E-state index contributed by atoms with van der Waals surface area (Å²) in [6.45, 7) is 10.1. The molecule has 6 heteroatoms. The third-order valence-electron chi connectivity index (χ3n) is 5.69. The Bertz CT molecular complexity index is 594. The lowest BCUT2D eigenvalue weighted by Crippen LogP contribution is -2.51. The smallest absolute Gasteiger partial charge is 0.191 e. The van der Waals surface area contributed by atoms with Gasteiger partial charge in [-0.15, -0.1) is 24.0 Å². The normalized spacial score (nSPS) is 22.8. The van der Waals surface area contributed by atoms with E-state index in [-0.39, 0.29) is 24.0 Å². The topological polar surface area (TPSA) is 48.9 Å². The molecule has 5 nitrogen and oxygen atoms in total. The molecule has 0 aromatic heterocycles. The van der Waals surface area contributed by atoms with E-state index in [9.17, 15) is 0 Å². The van der Waals surface area contributed by atoms with Crippen molar-refractivity contribution in [1.82, 2.24) is 15.5 Å². The number of nitrogens with zero attached hydrogens (tertiary/aromatic N) is 2. The zero-order valence-corrected chi connectivity index (χ0v) is 20.4. The summed E-state index contributed by atoms with van der Waals surface area (Å²) >= 11 is 0. The fraction of sp³-hybridized carbons (Fsp3) is 0.696. The summed E-state index contributed by atoms with van der Waals surface area (Å²) in [6.07, 6.45) is 6.02. The molecule has 2 unspecified atom stereocenters. The highest BCUT2D eigenvalue weighted by molar-refractivity contribution is 14.0. The zero-order valence-electron chi connectivity index (χ0n) is 18.1. The van der Waals surface area contributed by atoms with Crippen LogP contribution in [0.5, 0.6) is 0 Å². The summed E-state index contributed by atoms with van der Waals surface area (Å²) in [5.41, 5.74) is 1.40. The Labute approximate surface area is 194 Å². The predicted molar refractivity (Wildman–Crippen MR) is 132 cm³/mol. The number of rotatable bonds is 10. The van der Waals surface area contributed by atoms with Crippen molar-refractivity contribution in [2.24, 2.45) is 10.9 Å². The van der Waals surface area contributed by atoms with Crippen molar-refractivity contribution in [3.05, 3.63) is 35.9 Å². The molecule has 1 aliphatic heterocycles. The first-order chi connectivity index (χ1) is 13.7. The van der Waals surface area contributed by atoms with E-state index in [1.165, 1.54) is 18.4 Å². The molecular formula is C23H39IN4O. The fourth-order valence-corrected chi connectivity index (χ4v) is 3.81.